The fraction of sp³-hybridized carbons (Fsp3) is 0.312. The Morgan fingerprint density at radius 1 is 1.28 bits per heavy atom. The number of anilines is 1. The number of hydrogen-bond acceptors (Lipinski definition) is 5. The number of carbonyl (C=O) groups excluding carboxylic acids is 2. The van der Waals surface area contributed by atoms with Gasteiger partial charge in [0.2, 0.25) is 0 Å². The molecule has 2 aromatic rings. The number of esters is 1. The van der Waals surface area contributed by atoms with Crippen LogP contribution in [-0.2, 0) is 15.7 Å². The van der Waals surface area contributed by atoms with Crippen LogP contribution in [0.2, 0.25) is 0 Å². The highest BCUT2D eigenvalue weighted by Gasteiger charge is 2.31. The Kier molecular flexibility index (Phi) is 5.15. The topological polar surface area (TPSA) is 81.4 Å². The van der Waals surface area contributed by atoms with Crippen molar-refractivity contribution in [3.05, 3.63) is 46.8 Å². The Balaban J connectivity index is 2.05. The summed E-state index contributed by atoms with van der Waals surface area (Å²) >= 11 is 0. The van der Waals surface area contributed by atoms with Gasteiger partial charge in [0.05, 0.1) is 11.3 Å². The molecule has 0 radical (unpaired) electrons. The average molecular weight is 356 g/mol. The number of ether oxygens (including phenoxy) is 1. The molecule has 1 atom stereocenters. The molecule has 0 unspecified atom stereocenters. The van der Waals surface area contributed by atoms with E-state index in [2.05, 4.69) is 10.5 Å². The summed E-state index contributed by atoms with van der Waals surface area (Å²) in [5.74, 6) is -1.32. The van der Waals surface area contributed by atoms with Gasteiger partial charge in [0.25, 0.3) is 5.91 Å². The highest BCUT2D eigenvalue weighted by Crippen LogP contribution is 2.30. The lowest BCUT2D eigenvalue weighted by Crippen LogP contribution is -2.30. The molecule has 0 aliphatic carbocycles. The lowest BCUT2D eigenvalue weighted by atomic mass is 10.2. The van der Waals surface area contributed by atoms with Gasteiger partial charge in [-0.05, 0) is 39.0 Å². The molecule has 0 aliphatic rings. The van der Waals surface area contributed by atoms with Gasteiger partial charge in [-0.1, -0.05) is 11.2 Å². The second kappa shape index (κ2) is 6.96. The van der Waals surface area contributed by atoms with Crippen molar-refractivity contribution in [3.63, 3.8) is 0 Å². The normalized spacial score (nSPS) is 12.6. The number of halogens is 3. The molecule has 0 aliphatic heterocycles. The van der Waals surface area contributed by atoms with Crippen molar-refractivity contribution >= 4 is 17.6 Å². The molecule has 2 rings (SSSR count). The molecule has 1 heterocycles. The van der Waals surface area contributed by atoms with E-state index in [1.807, 2.05) is 0 Å². The van der Waals surface area contributed by atoms with Gasteiger partial charge < -0.3 is 14.6 Å². The summed E-state index contributed by atoms with van der Waals surface area (Å²) in [6, 6.07) is 4.15. The molecule has 1 aromatic heterocycles. The quantitative estimate of drug-likeness (QED) is 0.848. The number of rotatable bonds is 4. The molecular weight excluding hydrogens is 341 g/mol. The van der Waals surface area contributed by atoms with Gasteiger partial charge in [0, 0.05) is 5.69 Å². The summed E-state index contributed by atoms with van der Waals surface area (Å²) in [7, 11) is 0. The number of nitrogens with one attached hydrogen (secondary N) is 1. The van der Waals surface area contributed by atoms with E-state index in [1.54, 1.807) is 6.92 Å². The van der Waals surface area contributed by atoms with E-state index in [-0.39, 0.29) is 17.0 Å². The molecule has 1 N–H and O–H groups in total. The van der Waals surface area contributed by atoms with E-state index in [9.17, 15) is 22.8 Å². The Hall–Kier alpha value is -2.84. The molecule has 1 amide bonds. The summed E-state index contributed by atoms with van der Waals surface area (Å²) in [6.07, 6.45) is -5.75. The third-order valence-corrected chi connectivity index (χ3v) is 3.35. The van der Waals surface area contributed by atoms with Crippen LogP contribution in [0.5, 0.6) is 0 Å². The van der Waals surface area contributed by atoms with Gasteiger partial charge in [0.15, 0.2) is 6.10 Å². The molecule has 134 valence electrons. The molecule has 0 saturated carbocycles. The van der Waals surface area contributed by atoms with Crippen molar-refractivity contribution in [1.29, 1.82) is 0 Å². The molecule has 6 nitrogen and oxygen atoms in total. The minimum atomic E-state index is -4.53. The van der Waals surface area contributed by atoms with E-state index in [4.69, 9.17) is 9.26 Å². The van der Waals surface area contributed by atoms with Crippen LogP contribution < -0.4 is 5.32 Å². The Morgan fingerprint density at radius 2 is 1.96 bits per heavy atom. The number of alkyl halides is 3. The zero-order chi connectivity index (χ0) is 18.8. The highest BCUT2D eigenvalue weighted by atomic mass is 19.4. The standard InChI is InChI=1S/C16H15F3N2O4/c1-8-13(9(2)25-21-8)15(23)24-10(3)14(22)20-12-6-4-5-11(7-12)16(17,18)19/h4-7,10H,1-3H3,(H,20,22)/t10-/m1/s1. The number of nitrogens with zero attached hydrogens (tertiary/aromatic N) is 1. The first-order chi connectivity index (χ1) is 11.6. The monoisotopic (exact) mass is 356 g/mol. The Labute approximate surface area is 140 Å². The van der Waals surface area contributed by atoms with Crippen LogP contribution in [0, 0.1) is 13.8 Å². The maximum atomic E-state index is 12.7. The molecule has 0 fully saturated rings. The first kappa shape index (κ1) is 18.5. The number of carbonyl (C=O) groups is 2. The minimum absolute atomic E-state index is 0.0555. The van der Waals surface area contributed by atoms with Crippen molar-refractivity contribution in [1.82, 2.24) is 5.16 Å². The lowest BCUT2D eigenvalue weighted by molar-refractivity contribution is -0.137. The molecule has 9 heteroatoms. The Morgan fingerprint density at radius 3 is 2.52 bits per heavy atom. The van der Waals surface area contributed by atoms with Gasteiger partial charge in [-0.2, -0.15) is 13.2 Å². The number of amides is 1. The van der Waals surface area contributed by atoms with Crippen molar-refractivity contribution in [2.75, 3.05) is 5.32 Å². The molecule has 0 saturated heterocycles. The predicted octanol–water partition coefficient (Wildman–Crippen LogP) is 3.49. The first-order valence-electron chi connectivity index (χ1n) is 7.21. The van der Waals surface area contributed by atoms with Crippen molar-refractivity contribution in [2.45, 2.75) is 33.1 Å². The van der Waals surface area contributed by atoms with Crippen molar-refractivity contribution < 1.29 is 32.0 Å². The van der Waals surface area contributed by atoms with E-state index in [0.29, 0.717) is 5.69 Å². The molecule has 0 bridgehead atoms. The zero-order valence-corrected chi connectivity index (χ0v) is 13.6. The van der Waals surface area contributed by atoms with Gasteiger partial charge in [-0.3, -0.25) is 4.79 Å². The van der Waals surface area contributed by atoms with E-state index in [1.165, 1.54) is 26.0 Å². The second-order valence-corrected chi connectivity index (χ2v) is 5.31. The van der Waals surface area contributed by atoms with Gasteiger partial charge >= 0.3 is 12.1 Å². The largest absolute Gasteiger partial charge is 0.449 e. The first-order valence-corrected chi connectivity index (χ1v) is 7.21. The Bertz CT molecular complexity index is 779. The summed E-state index contributed by atoms with van der Waals surface area (Å²) < 4.78 is 47.9. The molecule has 0 spiro atoms. The summed E-state index contributed by atoms with van der Waals surface area (Å²) in [5.41, 5.74) is -0.530. The molecule has 25 heavy (non-hydrogen) atoms. The van der Waals surface area contributed by atoms with Crippen molar-refractivity contribution in [2.24, 2.45) is 0 Å². The van der Waals surface area contributed by atoms with Crippen LogP contribution in [0.4, 0.5) is 18.9 Å². The maximum Gasteiger partial charge on any atom is 0.416 e. The van der Waals surface area contributed by atoms with Crippen LogP contribution in [-0.4, -0.2) is 23.1 Å². The third-order valence-electron chi connectivity index (χ3n) is 3.35. The van der Waals surface area contributed by atoms with Crippen molar-refractivity contribution in [3.8, 4) is 0 Å². The lowest BCUT2D eigenvalue weighted by Gasteiger charge is -2.14. The van der Waals surface area contributed by atoms with Crippen LogP contribution in [0.15, 0.2) is 28.8 Å². The smallest absolute Gasteiger partial charge is 0.416 e. The fourth-order valence-corrected chi connectivity index (χ4v) is 2.06. The van der Waals surface area contributed by atoms with Gasteiger partial charge in [-0.15, -0.1) is 0 Å². The second-order valence-electron chi connectivity index (χ2n) is 5.31. The number of aromatic nitrogens is 1. The van der Waals surface area contributed by atoms with Crippen LogP contribution in [0.1, 0.15) is 34.3 Å². The summed E-state index contributed by atoms with van der Waals surface area (Å²) in [4.78, 5) is 24.1. The average Bonchev–Trinajstić information content (AvgIpc) is 2.85. The predicted molar refractivity (Wildman–Crippen MR) is 80.9 cm³/mol. The summed E-state index contributed by atoms with van der Waals surface area (Å²) in [6.45, 7) is 4.36. The summed E-state index contributed by atoms with van der Waals surface area (Å²) in [5, 5.41) is 5.89. The van der Waals surface area contributed by atoms with Crippen LogP contribution >= 0.6 is 0 Å². The van der Waals surface area contributed by atoms with E-state index >= 15 is 0 Å². The number of hydrogen-bond donors (Lipinski definition) is 1. The van der Waals surface area contributed by atoms with Gasteiger partial charge in [0.1, 0.15) is 11.3 Å². The minimum Gasteiger partial charge on any atom is -0.449 e. The fourth-order valence-electron chi connectivity index (χ4n) is 2.06. The van der Waals surface area contributed by atoms with Crippen LogP contribution in [0.3, 0.4) is 0 Å². The van der Waals surface area contributed by atoms with E-state index < -0.39 is 29.7 Å². The van der Waals surface area contributed by atoms with Crippen LogP contribution in [0.25, 0.3) is 0 Å². The molecular formula is C16H15F3N2O4. The molecule has 1 aromatic carbocycles. The number of aryl methyl sites for hydroxylation is 2. The number of benzene rings is 1. The SMILES string of the molecule is Cc1noc(C)c1C(=O)O[C@H](C)C(=O)Nc1cccc(C(F)(F)F)c1. The van der Waals surface area contributed by atoms with Gasteiger partial charge in [-0.25, -0.2) is 4.79 Å². The third kappa shape index (κ3) is 4.37. The zero-order valence-electron chi connectivity index (χ0n) is 13.6. The highest BCUT2D eigenvalue weighted by molar-refractivity contribution is 5.98. The van der Waals surface area contributed by atoms with E-state index in [0.717, 1.165) is 12.1 Å². The maximum absolute atomic E-state index is 12.7.